The molecule has 0 atom stereocenters. The van der Waals surface area contributed by atoms with Crippen LogP contribution in [0.2, 0.25) is 0 Å². The number of aromatic nitrogens is 1. The molecule has 0 aliphatic carbocycles. The number of alkyl halides is 2. The highest BCUT2D eigenvalue weighted by atomic mass is 35.7. The van der Waals surface area contributed by atoms with Crippen molar-refractivity contribution < 1.29 is 17.2 Å². The Kier molecular flexibility index (Phi) is 3.58. The van der Waals surface area contributed by atoms with Crippen molar-refractivity contribution in [3.8, 4) is 0 Å². The Labute approximate surface area is 89.5 Å². The van der Waals surface area contributed by atoms with Gasteiger partial charge in [0, 0.05) is 29.0 Å². The minimum Gasteiger partial charge on any atom is -0.325 e. The summed E-state index contributed by atoms with van der Waals surface area (Å²) in [6.07, 6.45) is -1.93. The molecule has 0 saturated carbocycles. The number of halogens is 3. The predicted octanol–water partition coefficient (Wildman–Crippen LogP) is 1.41. The second-order valence-electron chi connectivity index (χ2n) is 2.66. The van der Waals surface area contributed by atoms with E-state index in [1.54, 1.807) is 0 Å². The fraction of sp³-hybridized carbons (Fsp3) is 0.286. The number of nitrogens with zero attached hydrogens (tertiary/aromatic N) is 1. The van der Waals surface area contributed by atoms with E-state index in [-0.39, 0.29) is 12.2 Å². The van der Waals surface area contributed by atoms with Crippen LogP contribution in [0.4, 0.5) is 8.78 Å². The predicted molar refractivity (Wildman–Crippen MR) is 50.1 cm³/mol. The third kappa shape index (κ3) is 2.83. The summed E-state index contributed by atoms with van der Waals surface area (Å²) in [7, 11) is 0.946. The second-order valence-corrected chi connectivity index (χ2v) is 5.19. The minimum absolute atomic E-state index is 0.0330. The Hall–Kier alpha value is -0.790. The van der Waals surface area contributed by atoms with Gasteiger partial charge in [0.1, 0.15) is 4.90 Å². The molecule has 0 aromatic carbocycles. The molecule has 2 N–H and O–H groups in total. The molecular weight excluding hydrogens is 250 g/mol. The lowest BCUT2D eigenvalue weighted by Gasteiger charge is -2.05. The Bertz CT molecular complexity index is 464. The zero-order valence-corrected chi connectivity index (χ0v) is 8.89. The van der Waals surface area contributed by atoms with E-state index in [1.807, 2.05) is 0 Å². The van der Waals surface area contributed by atoms with Gasteiger partial charge in [-0.05, 0) is 6.07 Å². The second kappa shape index (κ2) is 4.38. The van der Waals surface area contributed by atoms with Gasteiger partial charge in [0.25, 0.3) is 15.5 Å². The summed E-state index contributed by atoms with van der Waals surface area (Å²) in [5.74, 6) is 0. The first kappa shape index (κ1) is 12.3. The first-order valence-corrected chi connectivity index (χ1v) is 6.09. The lowest BCUT2D eigenvalue weighted by atomic mass is 10.2. The molecule has 0 aliphatic heterocycles. The molecule has 1 heterocycles. The van der Waals surface area contributed by atoms with E-state index >= 15 is 0 Å². The number of rotatable bonds is 3. The summed E-state index contributed by atoms with van der Waals surface area (Å²) < 4.78 is 46.5. The molecule has 0 bridgehead atoms. The largest absolute Gasteiger partial charge is 0.325 e. The van der Waals surface area contributed by atoms with Gasteiger partial charge in [0.2, 0.25) is 0 Å². The van der Waals surface area contributed by atoms with Gasteiger partial charge in [-0.2, -0.15) is 0 Å². The summed E-state index contributed by atoms with van der Waals surface area (Å²) in [4.78, 5) is 3.05. The average molecular weight is 257 g/mol. The summed E-state index contributed by atoms with van der Waals surface area (Å²) in [5, 5.41) is 0. The quantitative estimate of drug-likeness (QED) is 0.830. The molecule has 15 heavy (non-hydrogen) atoms. The molecule has 0 saturated heterocycles. The van der Waals surface area contributed by atoms with Crippen molar-refractivity contribution in [3.05, 3.63) is 23.5 Å². The number of nitrogens with two attached hydrogens (primary N) is 1. The number of pyridine rings is 1. The molecule has 4 nitrogen and oxygen atoms in total. The summed E-state index contributed by atoms with van der Waals surface area (Å²) in [6.45, 7) is -0.190. The number of hydrogen-bond acceptors (Lipinski definition) is 4. The van der Waals surface area contributed by atoms with Crippen LogP contribution in [0.5, 0.6) is 0 Å². The van der Waals surface area contributed by atoms with Gasteiger partial charge < -0.3 is 5.73 Å². The van der Waals surface area contributed by atoms with Crippen molar-refractivity contribution in [2.75, 3.05) is 0 Å². The van der Waals surface area contributed by atoms with Crippen LogP contribution in [0.25, 0.3) is 0 Å². The van der Waals surface area contributed by atoms with Crippen molar-refractivity contribution in [1.82, 2.24) is 4.98 Å². The van der Waals surface area contributed by atoms with Crippen molar-refractivity contribution >= 4 is 19.7 Å². The summed E-state index contributed by atoms with van der Waals surface area (Å²) >= 11 is 0. The van der Waals surface area contributed by atoms with Crippen LogP contribution in [-0.4, -0.2) is 13.4 Å². The van der Waals surface area contributed by atoms with Crippen molar-refractivity contribution in [1.29, 1.82) is 0 Å². The first-order chi connectivity index (χ1) is 6.86. The van der Waals surface area contributed by atoms with E-state index in [0.717, 1.165) is 12.3 Å². The van der Waals surface area contributed by atoms with Crippen LogP contribution in [-0.2, 0) is 15.6 Å². The molecular formula is C7H7ClF2N2O2S. The molecule has 8 heteroatoms. The maximum absolute atomic E-state index is 12.3. The lowest BCUT2D eigenvalue weighted by molar-refractivity contribution is 0.150. The molecule has 1 aromatic heterocycles. The fourth-order valence-electron chi connectivity index (χ4n) is 0.972. The maximum Gasteiger partial charge on any atom is 0.265 e. The number of hydrogen-bond donors (Lipinski definition) is 1. The third-order valence-electron chi connectivity index (χ3n) is 1.66. The van der Waals surface area contributed by atoms with Gasteiger partial charge in [0.05, 0.1) is 5.69 Å². The molecule has 1 rings (SSSR count). The highest BCUT2D eigenvalue weighted by Crippen LogP contribution is 2.24. The topological polar surface area (TPSA) is 73.0 Å². The van der Waals surface area contributed by atoms with Crippen molar-refractivity contribution in [3.63, 3.8) is 0 Å². The molecule has 84 valence electrons. The normalized spacial score (nSPS) is 12.1. The molecule has 0 amide bonds. The van der Waals surface area contributed by atoms with Crippen molar-refractivity contribution in [2.24, 2.45) is 5.73 Å². The molecule has 0 fully saturated rings. The van der Waals surface area contributed by atoms with E-state index < -0.39 is 25.9 Å². The van der Waals surface area contributed by atoms with Crippen LogP contribution in [0.3, 0.4) is 0 Å². The monoisotopic (exact) mass is 256 g/mol. The Morgan fingerprint density at radius 3 is 2.53 bits per heavy atom. The zero-order valence-electron chi connectivity index (χ0n) is 7.32. The molecule has 0 spiro atoms. The van der Waals surface area contributed by atoms with Gasteiger partial charge in [-0.25, -0.2) is 17.2 Å². The molecule has 0 aliphatic rings. The van der Waals surface area contributed by atoms with E-state index in [1.165, 1.54) is 0 Å². The molecule has 1 aromatic rings. The molecule has 0 radical (unpaired) electrons. The van der Waals surface area contributed by atoms with Gasteiger partial charge in [-0.1, -0.05) is 0 Å². The van der Waals surface area contributed by atoms with Crippen LogP contribution >= 0.6 is 10.7 Å². The fourth-order valence-corrected chi connectivity index (χ4v) is 2.07. The standard InChI is InChI=1S/C7H7ClF2N2O2S/c8-15(13,14)6-1-4(7(9)10)3-12-5(6)2-11/h1,3,7H,2,11H2. The van der Waals surface area contributed by atoms with Crippen LogP contribution in [0, 0.1) is 0 Å². The third-order valence-corrected chi connectivity index (χ3v) is 3.04. The van der Waals surface area contributed by atoms with Crippen LogP contribution in [0.15, 0.2) is 17.2 Å². The van der Waals surface area contributed by atoms with Gasteiger partial charge >= 0.3 is 0 Å². The van der Waals surface area contributed by atoms with E-state index in [0.29, 0.717) is 0 Å². The van der Waals surface area contributed by atoms with E-state index in [2.05, 4.69) is 4.98 Å². The van der Waals surface area contributed by atoms with Crippen molar-refractivity contribution in [2.45, 2.75) is 17.9 Å². The SMILES string of the molecule is NCc1ncc(C(F)F)cc1S(=O)(=O)Cl. The van der Waals surface area contributed by atoms with Crippen LogP contribution in [0.1, 0.15) is 17.7 Å². The average Bonchev–Trinajstić information content (AvgIpc) is 2.15. The lowest BCUT2D eigenvalue weighted by Crippen LogP contribution is -2.07. The highest BCUT2D eigenvalue weighted by Gasteiger charge is 2.19. The summed E-state index contributed by atoms with van der Waals surface area (Å²) in [6, 6.07) is 0.780. The molecule has 0 unspecified atom stereocenters. The van der Waals surface area contributed by atoms with E-state index in [4.69, 9.17) is 16.4 Å². The van der Waals surface area contributed by atoms with Crippen LogP contribution < -0.4 is 5.73 Å². The summed E-state index contributed by atoms with van der Waals surface area (Å²) in [5.41, 5.74) is 4.66. The zero-order chi connectivity index (χ0) is 11.6. The van der Waals surface area contributed by atoms with Gasteiger partial charge in [-0.15, -0.1) is 0 Å². The van der Waals surface area contributed by atoms with Gasteiger partial charge in [-0.3, -0.25) is 4.98 Å². The first-order valence-electron chi connectivity index (χ1n) is 3.78. The van der Waals surface area contributed by atoms with Gasteiger partial charge in [0.15, 0.2) is 0 Å². The maximum atomic E-state index is 12.3. The smallest absolute Gasteiger partial charge is 0.265 e. The Morgan fingerprint density at radius 1 is 1.53 bits per heavy atom. The van der Waals surface area contributed by atoms with E-state index in [9.17, 15) is 17.2 Å². The highest BCUT2D eigenvalue weighted by molar-refractivity contribution is 8.13. The Balaban J connectivity index is 3.39. The Morgan fingerprint density at radius 2 is 2.13 bits per heavy atom. The minimum atomic E-state index is -4.11.